The molecule has 0 aromatic carbocycles. The maximum atomic E-state index is 12.0. The van der Waals surface area contributed by atoms with Crippen molar-refractivity contribution in [1.82, 2.24) is 10.6 Å². The van der Waals surface area contributed by atoms with Crippen LogP contribution in [0.3, 0.4) is 0 Å². The van der Waals surface area contributed by atoms with E-state index in [1.54, 1.807) is 7.05 Å². The van der Waals surface area contributed by atoms with Crippen molar-refractivity contribution in [3.05, 3.63) is 0 Å². The van der Waals surface area contributed by atoms with Crippen LogP contribution in [0.5, 0.6) is 0 Å². The monoisotopic (exact) mass is 316 g/mol. The molecule has 0 saturated heterocycles. The molecule has 0 aliphatic rings. The normalized spacial score (nSPS) is 13.2. The first-order valence-corrected chi connectivity index (χ1v) is 7.17. The Morgan fingerprint density at radius 2 is 1.68 bits per heavy atom. The highest BCUT2D eigenvalue weighted by atomic mass is 16.4. The van der Waals surface area contributed by atoms with Gasteiger partial charge in [-0.15, -0.1) is 0 Å². The molecule has 126 valence electrons. The molecule has 0 saturated carbocycles. The number of carbonyl (C=O) groups is 4. The summed E-state index contributed by atoms with van der Waals surface area (Å²) in [5.41, 5.74) is 0. The molecule has 22 heavy (non-hydrogen) atoms. The van der Waals surface area contributed by atoms with E-state index in [4.69, 9.17) is 10.2 Å². The molecule has 4 N–H and O–H groups in total. The van der Waals surface area contributed by atoms with E-state index < -0.39 is 36.2 Å². The summed E-state index contributed by atoms with van der Waals surface area (Å²) in [6.45, 7) is 2.00. The Bertz CT molecular complexity index is 394. The molecule has 0 aromatic rings. The quantitative estimate of drug-likeness (QED) is 0.373. The van der Waals surface area contributed by atoms with Crippen molar-refractivity contribution < 1.29 is 29.4 Å². The lowest BCUT2D eigenvalue weighted by molar-refractivity contribution is -0.144. The third kappa shape index (κ3) is 9.06. The summed E-state index contributed by atoms with van der Waals surface area (Å²) < 4.78 is 0. The van der Waals surface area contributed by atoms with Crippen molar-refractivity contribution in [2.75, 3.05) is 13.6 Å². The van der Waals surface area contributed by atoms with Crippen LogP contribution < -0.4 is 10.6 Å². The summed E-state index contributed by atoms with van der Waals surface area (Å²) in [5.74, 6) is -4.45. The number of hydrogen-bond acceptors (Lipinski definition) is 5. The van der Waals surface area contributed by atoms with Gasteiger partial charge in [0.1, 0.15) is 11.8 Å². The van der Waals surface area contributed by atoms with Gasteiger partial charge in [0.25, 0.3) is 0 Å². The van der Waals surface area contributed by atoms with E-state index in [2.05, 4.69) is 10.6 Å². The zero-order chi connectivity index (χ0) is 17.1. The fourth-order valence-corrected chi connectivity index (χ4v) is 2.01. The van der Waals surface area contributed by atoms with Crippen LogP contribution in [0.25, 0.3) is 0 Å². The Morgan fingerprint density at radius 3 is 2.14 bits per heavy atom. The van der Waals surface area contributed by atoms with Crippen molar-refractivity contribution in [3.8, 4) is 0 Å². The van der Waals surface area contributed by atoms with Crippen LogP contribution in [0, 0.1) is 5.92 Å². The van der Waals surface area contributed by atoms with Crippen LogP contribution in [0.4, 0.5) is 0 Å². The first-order valence-electron chi connectivity index (χ1n) is 7.17. The van der Waals surface area contributed by atoms with Crippen LogP contribution in [-0.4, -0.2) is 53.5 Å². The van der Waals surface area contributed by atoms with Gasteiger partial charge in [-0.2, -0.15) is 0 Å². The van der Waals surface area contributed by atoms with Gasteiger partial charge in [-0.05, 0) is 39.8 Å². The van der Waals surface area contributed by atoms with E-state index in [-0.39, 0.29) is 18.6 Å². The zero-order valence-corrected chi connectivity index (χ0v) is 12.9. The summed E-state index contributed by atoms with van der Waals surface area (Å²) in [6.07, 6.45) is 0.904. The number of nitrogens with one attached hydrogen (secondary N) is 2. The summed E-state index contributed by atoms with van der Waals surface area (Å²) in [4.78, 5) is 45.0. The second-order valence-electron chi connectivity index (χ2n) is 5.20. The first kappa shape index (κ1) is 20.0. The zero-order valence-electron chi connectivity index (χ0n) is 12.9. The molecule has 0 spiro atoms. The molecule has 2 atom stereocenters. The number of carboxylic acid groups (broad SMARTS) is 2. The van der Waals surface area contributed by atoms with Crippen LogP contribution in [0.1, 0.15) is 39.0 Å². The van der Waals surface area contributed by atoms with Crippen LogP contribution in [-0.2, 0) is 19.2 Å². The van der Waals surface area contributed by atoms with Gasteiger partial charge in [0.2, 0.25) is 5.91 Å². The minimum atomic E-state index is -1.21. The second kappa shape index (κ2) is 10.7. The Labute approximate surface area is 129 Å². The average molecular weight is 316 g/mol. The fraction of sp³-hybridized carbons (Fsp3) is 0.714. The Hall–Kier alpha value is -1.96. The van der Waals surface area contributed by atoms with Gasteiger partial charge in [0.15, 0.2) is 0 Å². The lowest BCUT2D eigenvalue weighted by Crippen LogP contribution is -2.44. The molecule has 8 heteroatoms. The number of ketones is 1. The van der Waals surface area contributed by atoms with Gasteiger partial charge in [-0.3, -0.25) is 9.59 Å². The van der Waals surface area contributed by atoms with Gasteiger partial charge in [0.05, 0.1) is 12.3 Å². The molecule has 0 bridgehead atoms. The number of unbranched alkanes of at least 4 members (excludes halogenated alkanes) is 1. The molecular formula is C14H24N2O6. The second-order valence-corrected chi connectivity index (χ2v) is 5.20. The highest BCUT2D eigenvalue weighted by Crippen LogP contribution is 2.11. The Morgan fingerprint density at radius 1 is 1.05 bits per heavy atom. The van der Waals surface area contributed by atoms with Crippen molar-refractivity contribution in [1.29, 1.82) is 0 Å². The van der Waals surface area contributed by atoms with Crippen LogP contribution in [0.2, 0.25) is 0 Å². The average Bonchev–Trinajstić information content (AvgIpc) is 2.39. The van der Waals surface area contributed by atoms with Gasteiger partial charge in [0, 0.05) is 6.42 Å². The number of rotatable bonds is 12. The van der Waals surface area contributed by atoms with Crippen molar-refractivity contribution >= 4 is 23.6 Å². The lowest BCUT2D eigenvalue weighted by atomic mass is 9.97. The predicted molar refractivity (Wildman–Crippen MR) is 78.4 cm³/mol. The minimum absolute atomic E-state index is 0.218. The molecule has 1 amide bonds. The third-order valence-electron chi connectivity index (χ3n) is 3.11. The molecule has 0 radical (unpaired) electrons. The predicted octanol–water partition coefficient (Wildman–Crippen LogP) is 0.0155. The van der Waals surface area contributed by atoms with Crippen molar-refractivity contribution in [2.45, 2.75) is 45.1 Å². The molecule has 0 unspecified atom stereocenters. The first-order chi connectivity index (χ1) is 10.3. The Balaban J connectivity index is 4.63. The Kier molecular flexibility index (Phi) is 9.77. The topological polar surface area (TPSA) is 133 Å². The number of hydrogen-bond donors (Lipinski definition) is 4. The molecule has 8 nitrogen and oxygen atoms in total. The highest BCUT2D eigenvalue weighted by molar-refractivity contribution is 5.90. The van der Waals surface area contributed by atoms with E-state index in [1.165, 1.54) is 6.92 Å². The number of amides is 1. The van der Waals surface area contributed by atoms with Gasteiger partial charge in [-0.25, -0.2) is 4.79 Å². The van der Waals surface area contributed by atoms with E-state index in [9.17, 15) is 19.2 Å². The maximum Gasteiger partial charge on any atom is 0.326 e. The smallest absolute Gasteiger partial charge is 0.326 e. The molecular weight excluding hydrogens is 292 g/mol. The standard InChI is InChI=1S/C14H24N2O6/c1-9(17)7-10(8-12(18)19)13(20)16-11(14(21)22)5-3-4-6-15-2/h10-11,15H,3-8H2,1-2H3,(H,16,20)(H,18,19)(H,21,22)/t10-,11+/m0/s1. The summed E-state index contributed by atoms with van der Waals surface area (Å²) >= 11 is 0. The van der Waals surface area contributed by atoms with E-state index in [0.29, 0.717) is 6.42 Å². The fourth-order valence-electron chi connectivity index (χ4n) is 2.01. The van der Waals surface area contributed by atoms with Crippen LogP contribution >= 0.6 is 0 Å². The van der Waals surface area contributed by atoms with Crippen LogP contribution in [0.15, 0.2) is 0 Å². The lowest BCUT2D eigenvalue weighted by Gasteiger charge is -2.18. The summed E-state index contributed by atoms with van der Waals surface area (Å²) in [6, 6.07) is -1.08. The summed E-state index contributed by atoms with van der Waals surface area (Å²) in [5, 5.41) is 23.2. The molecule has 0 aliphatic carbocycles. The number of aliphatic carboxylic acids is 2. The summed E-state index contributed by atoms with van der Waals surface area (Å²) in [7, 11) is 1.79. The van der Waals surface area contributed by atoms with Crippen molar-refractivity contribution in [3.63, 3.8) is 0 Å². The molecule has 0 aromatic heterocycles. The van der Waals surface area contributed by atoms with Crippen molar-refractivity contribution in [2.24, 2.45) is 5.92 Å². The number of carboxylic acids is 2. The van der Waals surface area contributed by atoms with E-state index in [0.717, 1.165) is 13.0 Å². The van der Waals surface area contributed by atoms with Gasteiger partial charge < -0.3 is 25.6 Å². The molecule has 0 heterocycles. The largest absolute Gasteiger partial charge is 0.481 e. The number of Topliss-reactive ketones (excluding diaryl/α,β-unsaturated/α-hetero) is 1. The van der Waals surface area contributed by atoms with E-state index >= 15 is 0 Å². The maximum absolute atomic E-state index is 12.0. The molecule has 0 rings (SSSR count). The van der Waals surface area contributed by atoms with Gasteiger partial charge >= 0.3 is 11.9 Å². The van der Waals surface area contributed by atoms with Gasteiger partial charge in [-0.1, -0.05) is 0 Å². The number of carbonyl (C=O) groups excluding carboxylic acids is 2. The molecule has 0 fully saturated rings. The van der Waals surface area contributed by atoms with E-state index in [1.807, 2.05) is 0 Å². The highest BCUT2D eigenvalue weighted by Gasteiger charge is 2.27. The minimum Gasteiger partial charge on any atom is -0.481 e. The third-order valence-corrected chi connectivity index (χ3v) is 3.11. The SMILES string of the molecule is CNCCCC[C@@H](NC(=O)[C@@H](CC(C)=O)CC(=O)O)C(=O)O. The molecule has 0 aliphatic heterocycles.